The standard InChI is InChI=1S/C26H25N3O3/c30-24(14-13-20-8-3-1-4-9-20)29-18-15-21(16-19-29)25(31)28-23-12-7-17-27-26(23)32-22-10-5-2-6-11-22/h1-14,17,21H,15-16,18-19H2,(H,28,31)/b14-13+. The second kappa shape index (κ2) is 10.4. The Morgan fingerprint density at radius 1 is 0.938 bits per heavy atom. The molecule has 3 aromatic rings. The number of rotatable bonds is 6. The molecule has 1 saturated heterocycles. The zero-order chi connectivity index (χ0) is 22.2. The van der Waals surface area contributed by atoms with Gasteiger partial charge in [-0.05, 0) is 48.7 Å². The summed E-state index contributed by atoms with van der Waals surface area (Å²) in [6.07, 6.45) is 6.27. The van der Waals surface area contributed by atoms with Gasteiger partial charge in [-0.3, -0.25) is 9.59 Å². The molecule has 0 unspecified atom stereocenters. The zero-order valence-electron chi connectivity index (χ0n) is 17.7. The van der Waals surface area contributed by atoms with Crippen molar-refractivity contribution in [1.82, 2.24) is 9.88 Å². The molecule has 2 heterocycles. The fourth-order valence-electron chi connectivity index (χ4n) is 3.60. The molecular weight excluding hydrogens is 402 g/mol. The lowest BCUT2D eigenvalue weighted by Crippen LogP contribution is -2.40. The number of likely N-dealkylation sites (tertiary alicyclic amines) is 1. The SMILES string of the molecule is O=C(Nc1cccnc1Oc1ccccc1)C1CCN(C(=O)/C=C/c2ccccc2)CC1. The van der Waals surface area contributed by atoms with Crippen LogP contribution in [-0.2, 0) is 9.59 Å². The average molecular weight is 428 g/mol. The van der Waals surface area contributed by atoms with Gasteiger partial charge < -0.3 is 15.0 Å². The molecule has 0 spiro atoms. The molecule has 2 aromatic carbocycles. The summed E-state index contributed by atoms with van der Waals surface area (Å²) in [5.41, 5.74) is 1.52. The predicted octanol–water partition coefficient (Wildman–Crippen LogP) is 4.76. The van der Waals surface area contributed by atoms with Crippen LogP contribution >= 0.6 is 0 Å². The van der Waals surface area contributed by atoms with E-state index in [0.29, 0.717) is 43.2 Å². The van der Waals surface area contributed by atoms with Crippen LogP contribution in [0.3, 0.4) is 0 Å². The minimum atomic E-state index is -0.165. The number of piperidine rings is 1. The number of hydrogen-bond donors (Lipinski definition) is 1. The summed E-state index contributed by atoms with van der Waals surface area (Å²) in [5, 5.41) is 2.95. The Hall–Kier alpha value is -3.93. The van der Waals surface area contributed by atoms with Gasteiger partial charge in [0.15, 0.2) is 0 Å². The van der Waals surface area contributed by atoms with Gasteiger partial charge in [-0.2, -0.15) is 0 Å². The van der Waals surface area contributed by atoms with Gasteiger partial charge in [0.2, 0.25) is 17.7 Å². The lowest BCUT2D eigenvalue weighted by molar-refractivity contribution is -0.130. The van der Waals surface area contributed by atoms with E-state index in [1.54, 1.807) is 29.3 Å². The number of para-hydroxylation sites is 1. The van der Waals surface area contributed by atoms with Crippen molar-refractivity contribution in [2.75, 3.05) is 18.4 Å². The Morgan fingerprint density at radius 2 is 1.62 bits per heavy atom. The normalized spacial score (nSPS) is 14.3. The van der Waals surface area contributed by atoms with E-state index in [-0.39, 0.29) is 17.7 Å². The second-order valence-corrected chi connectivity index (χ2v) is 7.60. The zero-order valence-corrected chi connectivity index (χ0v) is 17.7. The molecule has 4 rings (SSSR count). The fraction of sp³-hybridized carbons (Fsp3) is 0.192. The van der Waals surface area contributed by atoms with Crippen molar-refractivity contribution < 1.29 is 14.3 Å². The molecule has 32 heavy (non-hydrogen) atoms. The van der Waals surface area contributed by atoms with Crippen molar-refractivity contribution in [3.05, 3.63) is 90.6 Å². The van der Waals surface area contributed by atoms with Crippen LogP contribution in [0.4, 0.5) is 5.69 Å². The van der Waals surface area contributed by atoms with Crippen LogP contribution in [0, 0.1) is 5.92 Å². The van der Waals surface area contributed by atoms with Crippen molar-refractivity contribution in [3.63, 3.8) is 0 Å². The Labute approximate surface area is 187 Å². The number of nitrogens with one attached hydrogen (secondary N) is 1. The molecular formula is C26H25N3O3. The van der Waals surface area contributed by atoms with Gasteiger partial charge in [0.05, 0.1) is 0 Å². The molecule has 1 fully saturated rings. The number of aromatic nitrogens is 1. The third-order valence-corrected chi connectivity index (χ3v) is 5.38. The van der Waals surface area contributed by atoms with Gasteiger partial charge >= 0.3 is 0 Å². The largest absolute Gasteiger partial charge is 0.437 e. The van der Waals surface area contributed by atoms with E-state index >= 15 is 0 Å². The maximum absolute atomic E-state index is 12.8. The number of amides is 2. The summed E-state index contributed by atoms with van der Waals surface area (Å²) in [7, 11) is 0. The third-order valence-electron chi connectivity index (χ3n) is 5.38. The molecule has 1 aliphatic heterocycles. The molecule has 0 bridgehead atoms. The molecule has 1 aromatic heterocycles. The first-order valence-electron chi connectivity index (χ1n) is 10.7. The highest BCUT2D eigenvalue weighted by Gasteiger charge is 2.27. The summed E-state index contributed by atoms with van der Waals surface area (Å²) in [5.74, 6) is 0.728. The molecule has 6 heteroatoms. The topological polar surface area (TPSA) is 71.5 Å². The monoisotopic (exact) mass is 427 g/mol. The van der Waals surface area contributed by atoms with E-state index < -0.39 is 0 Å². The van der Waals surface area contributed by atoms with Gasteiger partial charge in [-0.1, -0.05) is 48.5 Å². The van der Waals surface area contributed by atoms with Crippen LogP contribution in [0.15, 0.2) is 85.1 Å². The van der Waals surface area contributed by atoms with E-state index in [1.807, 2.05) is 66.7 Å². The molecule has 0 aliphatic carbocycles. The predicted molar refractivity (Wildman–Crippen MR) is 124 cm³/mol. The van der Waals surface area contributed by atoms with Crippen molar-refractivity contribution in [2.45, 2.75) is 12.8 Å². The Morgan fingerprint density at radius 3 is 2.34 bits per heavy atom. The highest BCUT2D eigenvalue weighted by atomic mass is 16.5. The van der Waals surface area contributed by atoms with Crippen molar-refractivity contribution in [3.8, 4) is 11.6 Å². The van der Waals surface area contributed by atoms with Gasteiger partial charge in [-0.25, -0.2) is 4.98 Å². The molecule has 2 amide bonds. The number of pyridine rings is 1. The lowest BCUT2D eigenvalue weighted by atomic mass is 9.95. The minimum absolute atomic E-state index is 0.0292. The summed E-state index contributed by atoms with van der Waals surface area (Å²) in [6, 6.07) is 22.6. The first-order valence-corrected chi connectivity index (χ1v) is 10.7. The molecule has 1 N–H and O–H groups in total. The average Bonchev–Trinajstić information content (AvgIpc) is 2.85. The number of carbonyl (C=O) groups excluding carboxylic acids is 2. The van der Waals surface area contributed by atoms with Crippen LogP contribution < -0.4 is 10.1 Å². The highest BCUT2D eigenvalue weighted by molar-refractivity contribution is 5.94. The van der Waals surface area contributed by atoms with E-state index in [9.17, 15) is 9.59 Å². The molecule has 1 aliphatic rings. The van der Waals surface area contributed by atoms with Crippen LogP contribution in [0.2, 0.25) is 0 Å². The fourth-order valence-corrected chi connectivity index (χ4v) is 3.60. The quantitative estimate of drug-likeness (QED) is 0.576. The number of carbonyl (C=O) groups is 2. The van der Waals surface area contributed by atoms with Gasteiger partial charge in [-0.15, -0.1) is 0 Å². The summed E-state index contributed by atoms with van der Waals surface area (Å²) >= 11 is 0. The smallest absolute Gasteiger partial charge is 0.246 e. The Bertz CT molecular complexity index is 1080. The van der Waals surface area contributed by atoms with Crippen molar-refractivity contribution in [1.29, 1.82) is 0 Å². The first kappa shape index (κ1) is 21.3. The first-order chi connectivity index (χ1) is 15.7. The minimum Gasteiger partial charge on any atom is -0.437 e. The van der Waals surface area contributed by atoms with Crippen LogP contribution in [0.5, 0.6) is 11.6 Å². The summed E-state index contributed by atoms with van der Waals surface area (Å²) < 4.78 is 5.82. The van der Waals surface area contributed by atoms with Crippen LogP contribution in [0.1, 0.15) is 18.4 Å². The molecule has 6 nitrogen and oxygen atoms in total. The van der Waals surface area contributed by atoms with Crippen molar-refractivity contribution >= 4 is 23.6 Å². The molecule has 0 atom stereocenters. The highest BCUT2D eigenvalue weighted by Crippen LogP contribution is 2.28. The maximum Gasteiger partial charge on any atom is 0.246 e. The van der Waals surface area contributed by atoms with E-state index in [1.165, 1.54) is 0 Å². The summed E-state index contributed by atoms with van der Waals surface area (Å²) in [4.78, 5) is 31.4. The Kier molecular flexibility index (Phi) is 6.92. The van der Waals surface area contributed by atoms with Gasteiger partial charge in [0.25, 0.3) is 0 Å². The number of hydrogen-bond acceptors (Lipinski definition) is 4. The molecule has 0 saturated carbocycles. The molecule has 0 radical (unpaired) electrons. The van der Waals surface area contributed by atoms with E-state index in [0.717, 1.165) is 5.56 Å². The van der Waals surface area contributed by atoms with Gasteiger partial charge in [0.1, 0.15) is 11.4 Å². The van der Waals surface area contributed by atoms with Crippen LogP contribution in [0.25, 0.3) is 6.08 Å². The van der Waals surface area contributed by atoms with Crippen molar-refractivity contribution in [2.24, 2.45) is 5.92 Å². The number of benzene rings is 2. The number of ether oxygens (including phenoxy) is 1. The lowest BCUT2D eigenvalue weighted by Gasteiger charge is -2.30. The number of anilines is 1. The second-order valence-electron chi connectivity index (χ2n) is 7.60. The Balaban J connectivity index is 1.31. The van der Waals surface area contributed by atoms with Crippen LogP contribution in [-0.4, -0.2) is 34.8 Å². The third kappa shape index (κ3) is 5.60. The van der Waals surface area contributed by atoms with E-state index in [4.69, 9.17) is 4.74 Å². The molecule has 162 valence electrons. The van der Waals surface area contributed by atoms with E-state index in [2.05, 4.69) is 10.3 Å². The number of nitrogens with zero attached hydrogens (tertiary/aromatic N) is 2. The summed E-state index contributed by atoms with van der Waals surface area (Å²) in [6.45, 7) is 1.10. The maximum atomic E-state index is 12.8. The van der Waals surface area contributed by atoms with Gasteiger partial charge in [0, 0.05) is 31.3 Å².